The van der Waals surface area contributed by atoms with Gasteiger partial charge in [-0.15, -0.1) is 23.2 Å². The van der Waals surface area contributed by atoms with Crippen LogP contribution in [0.2, 0.25) is 0 Å². The summed E-state index contributed by atoms with van der Waals surface area (Å²) in [6.07, 6.45) is 5.01. The molecule has 13 nitrogen and oxygen atoms in total. The van der Waals surface area contributed by atoms with Crippen LogP contribution in [-0.4, -0.2) is 111 Å². The van der Waals surface area contributed by atoms with E-state index in [2.05, 4.69) is 15.0 Å². The average Bonchev–Trinajstić information content (AvgIpc) is 3.65. The van der Waals surface area contributed by atoms with E-state index < -0.39 is 29.6 Å². The number of rotatable bonds is 11. The van der Waals surface area contributed by atoms with Crippen LogP contribution in [0.4, 0.5) is 9.93 Å². The zero-order chi connectivity index (χ0) is 36.4. The average molecular weight is 757 g/mol. The highest BCUT2D eigenvalue weighted by Gasteiger charge is 2.52. The number of piperazine rings is 1. The lowest BCUT2D eigenvalue weighted by Crippen LogP contribution is -2.66. The SMILES string of the molecule is COC(=O)COc1ccc(C[C@H]2C(=O)N(Cc3cccc4sc(N)nc34)C[C@H]3N2C(=O)CN3N(C(=O)NCC2=CC(Cl)C(Cl)C=C2)C(C)C)cc1. The Kier molecular flexibility index (Phi) is 11.1. The fraction of sp³-hybridized carbons (Fsp3) is 0.400. The highest BCUT2D eigenvalue weighted by atomic mass is 35.5. The number of methoxy groups -OCH3 is 1. The molecule has 51 heavy (non-hydrogen) atoms. The highest BCUT2D eigenvalue weighted by Crippen LogP contribution is 2.33. The number of carbonyl (C=O) groups excluding carboxylic acids is 4. The molecular weight excluding hydrogens is 717 g/mol. The molecule has 2 saturated heterocycles. The van der Waals surface area contributed by atoms with Gasteiger partial charge in [0.25, 0.3) is 0 Å². The van der Waals surface area contributed by atoms with Crippen molar-refractivity contribution in [1.82, 2.24) is 30.1 Å². The molecule has 16 heteroatoms. The molecule has 1 aromatic heterocycles. The summed E-state index contributed by atoms with van der Waals surface area (Å²) >= 11 is 13.9. The van der Waals surface area contributed by atoms with Crippen molar-refractivity contribution >= 4 is 73.7 Å². The molecule has 2 fully saturated rings. The number of anilines is 1. The van der Waals surface area contributed by atoms with Crippen LogP contribution in [0.1, 0.15) is 25.0 Å². The minimum absolute atomic E-state index is 0.0906. The van der Waals surface area contributed by atoms with E-state index in [-0.39, 0.29) is 62.4 Å². The number of esters is 1. The number of allylic oxidation sites excluding steroid dienone is 2. The summed E-state index contributed by atoms with van der Waals surface area (Å²) in [6, 6.07) is 11.2. The van der Waals surface area contributed by atoms with Gasteiger partial charge in [-0.25, -0.2) is 14.6 Å². The summed E-state index contributed by atoms with van der Waals surface area (Å²) in [5.74, 6) is -0.538. The highest BCUT2D eigenvalue weighted by molar-refractivity contribution is 7.22. The molecule has 270 valence electrons. The fourth-order valence-corrected chi connectivity index (χ4v) is 7.74. The number of hydrogen-bond donors (Lipinski definition) is 2. The van der Waals surface area contributed by atoms with Gasteiger partial charge in [-0.3, -0.25) is 14.6 Å². The van der Waals surface area contributed by atoms with Crippen molar-refractivity contribution in [3.8, 4) is 5.75 Å². The molecule has 2 aliphatic heterocycles. The van der Waals surface area contributed by atoms with Crippen LogP contribution in [0.25, 0.3) is 10.2 Å². The van der Waals surface area contributed by atoms with Gasteiger partial charge in [0.15, 0.2) is 11.7 Å². The Bertz CT molecular complexity index is 1870. The predicted molar refractivity (Wildman–Crippen MR) is 195 cm³/mol. The third-order valence-electron chi connectivity index (χ3n) is 8.97. The number of nitrogens with one attached hydrogen (secondary N) is 1. The summed E-state index contributed by atoms with van der Waals surface area (Å²) in [6.45, 7) is 4.03. The third kappa shape index (κ3) is 7.93. The first-order chi connectivity index (χ1) is 24.4. The smallest absolute Gasteiger partial charge is 0.343 e. The number of nitrogen functional groups attached to an aromatic ring is 1. The van der Waals surface area contributed by atoms with Crippen LogP contribution < -0.4 is 15.8 Å². The van der Waals surface area contributed by atoms with E-state index in [1.165, 1.54) is 18.4 Å². The van der Waals surface area contributed by atoms with E-state index >= 15 is 0 Å². The lowest BCUT2D eigenvalue weighted by atomic mass is 9.99. The van der Waals surface area contributed by atoms with Crippen LogP contribution in [0, 0.1) is 0 Å². The molecule has 4 amide bonds. The third-order valence-corrected chi connectivity index (χ3v) is 10.8. The van der Waals surface area contributed by atoms with Crippen molar-refractivity contribution in [3.05, 3.63) is 77.4 Å². The molecule has 3 aromatic rings. The first-order valence-electron chi connectivity index (χ1n) is 16.5. The molecule has 0 bridgehead atoms. The second kappa shape index (κ2) is 15.5. The van der Waals surface area contributed by atoms with Crippen molar-refractivity contribution in [2.45, 2.75) is 55.8 Å². The van der Waals surface area contributed by atoms with Crippen LogP contribution in [-0.2, 0) is 32.1 Å². The molecule has 1 aliphatic carbocycles. The molecule has 0 saturated carbocycles. The molecule has 0 spiro atoms. The van der Waals surface area contributed by atoms with E-state index in [0.29, 0.717) is 10.9 Å². The maximum absolute atomic E-state index is 14.4. The largest absolute Gasteiger partial charge is 0.482 e. The van der Waals surface area contributed by atoms with Gasteiger partial charge in [0.05, 0.1) is 41.2 Å². The summed E-state index contributed by atoms with van der Waals surface area (Å²) in [7, 11) is 1.28. The molecule has 3 heterocycles. The van der Waals surface area contributed by atoms with E-state index in [1.807, 2.05) is 44.2 Å². The first-order valence-corrected chi connectivity index (χ1v) is 18.2. The Morgan fingerprint density at radius 3 is 2.61 bits per heavy atom. The number of nitrogens with two attached hydrogens (primary N) is 1. The van der Waals surface area contributed by atoms with Gasteiger partial charge in [0.1, 0.15) is 18.0 Å². The van der Waals surface area contributed by atoms with Crippen molar-refractivity contribution in [3.63, 3.8) is 0 Å². The van der Waals surface area contributed by atoms with Gasteiger partial charge in [-0.2, -0.15) is 5.01 Å². The van der Waals surface area contributed by atoms with Gasteiger partial charge in [-0.1, -0.05) is 53.8 Å². The summed E-state index contributed by atoms with van der Waals surface area (Å²) in [5, 5.41) is 5.98. The number of amides is 4. The van der Waals surface area contributed by atoms with Gasteiger partial charge in [0, 0.05) is 25.6 Å². The zero-order valence-electron chi connectivity index (χ0n) is 28.3. The minimum atomic E-state index is -0.860. The summed E-state index contributed by atoms with van der Waals surface area (Å²) < 4.78 is 11.0. The van der Waals surface area contributed by atoms with Gasteiger partial charge >= 0.3 is 12.0 Å². The molecule has 4 atom stereocenters. The Morgan fingerprint density at radius 2 is 1.90 bits per heavy atom. The number of hydrazine groups is 1. The molecule has 0 radical (unpaired) electrons. The Hall–Kier alpha value is -4.37. The Balaban J connectivity index is 1.28. The number of aromatic nitrogens is 1. The monoisotopic (exact) mass is 755 g/mol. The van der Waals surface area contributed by atoms with Crippen LogP contribution in [0.3, 0.4) is 0 Å². The molecule has 2 unspecified atom stereocenters. The molecule has 3 N–H and O–H groups in total. The molecular formula is C35H39Cl2N7O6S. The first kappa shape index (κ1) is 36.4. The Labute approximate surface area is 309 Å². The van der Waals surface area contributed by atoms with Gasteiger partial charge in [0.2, 0.25) is 11.8 Å². The van der Waals surface area contributed by atoms with Crippen molar-refractivity contribution in [1.29, 1.82) is 0 Å². The van der Waals surface area contributed by atoms with Crippen LogP contribution in [0.5, 0.6) is 5.75 Å². The number of fused-ring (bicyclic) bond motifs is 2. The number of carbonyl (C=O) groups is 4. The second-order valence-corrected chi connectivity index (χ2v) is 14.8. The van der Waals surface area contributed by atoms with E-state index in [0.717, 1.165) is 26.9 Å². The van der Waals surface area contributed by atoms with E-state index in [4.69, 9.17) is 33.7 Å². The maximum Gasteiger partial charge on any atom is 0.343 e. The number of halogens is 2. The summed E-state index contributed by atoms with van der Waals surface area (Å²) in [4.78, 5) is 61.5. The lowest BCUT2D eigenvalue weighted by molar-refractivity contribution is -0.158. The molecule has 3 aliphatic rings. The van der Waals surface area contributed by atoms with E-state index in [9.17, 15) is 19.2 Å². The number of benzene rings is 2. The number of ether oxygens (including phenoxy) is 2. The normalized spacial score (nSPS) is 22.0. The summed E-state index contributed by atoms with van der Waals surface area (Å²) in [5.41, 5.74) is 9.19. The zero-order valence-corrected chi connectivity index (χ0v) is 30.7. The number of alkyl halides is 2. The van der Waals surface area contributed by atoms with E-state index in [1.54, 1.807) is 50.2 Å². The Morgan fingerprint density at radius 1 is 1.14 bits per heavy atom. The number of urea groups is 1. The van der Waals surface area contributed by atoms with Crippen molar-refractivity contribution in [2.75, 3.05) is 39.1 Å². The minimum Gasteiger partial charge on any atom is -0.482 e. The van der Waals surface area contributed by atoms with Gasteiger partial charge < -0.3 is 30.3 Å². The van der Waals surface area contributed by atoms with Crippen LogP contribution in [0.15, 0.2) is 66.3 Å². The topological polar surface area (TPSA) is 151 Å². The van der Waals surface area contributed by atoms with Crippen molar-refractivity contribution in [2.24, 2.45) is 0 Å². The second-order valence-electron chi connectivity index (χ2n) is 12.7. The molecule has 2 aromatic carbocycles. The maximum atomic E-state index is 14.4. The standard InChI is InChI=1S/C35H39Cl2N7O6S/c1-20(2)44(35(48)39-15-22-9-12-25(36)26(37)13-22)42-18-30(45)43-27(14-21-7-10-24(11-8-21)50-19-31(46)49-3)33(47)41(17-29(42)43)16-23-5-4-6-28-32(23)40-34(38)51-28/h4-13,20,25-27,29H,14-19H2,1-3H3,(H2,38,40)(H,39,48)/t25?,26?,27-,29+/m0/s1. The van der Waals surface area contributed by atoms with Crippen molar-refractivity contribution < 1.29 is 28.7 Å². The number of para-hydroxylation sites is 1. The number of thiazole rings is 1. The fourth-order valence-electron chi connectivity index (χ4n) is 6.56. The quantitative estimate of drug-likeness (QED) is 0.220. The predicted octanol–water partition coefficient (Wildman–Crippen LogP) is 3.90. The number of nitrogens with zero attached hydrogens (tertiary/aromatic N) is 5. The lowest BCUT2D eigenvalue weighted by Gasteiger charge is -2.47. The van der Waals surface area contributed by atoms with Gasteiger partial charge in [-0.05, 0) is 48.7 Å². The number of hydrogen-bond acceptors (Lipinski definition) is 10. The molecule has 6 rings (SSSR count). The van der Waals surface area contributed by atoms with Crippen LogP contribution >= 0.6 is 34.5 Å².